The number of hydrogen-bond acceptors (Lipinski definition) is 5. The SMILES string of the molecule is CCN(C)SON1CCNCC1.S. The van der Waals surface area contributed by atoms with Crippen molar-refractivity contribution in [2.75, 3.05) is 39.8 Å². The third kappa shape index (κ3) is 5.77. The van der Waals surface area contributed by atoms with Crippen molar-refractivity contribution in [2.45, 2.75) is 6.92 Å². The molecule has 0 aliphatic carbocycles. The van der Waals surface area contributed by atoms with E-state index in [9.17, 15) is 0 Å². The second-order valence-corrected chi connectivity index (χ2v) is 3.69. The second-order valence-electron chi connectivity index (χ2n) is 2.77. The topological polar surface area (TPSA) is 27.7 Å². The number of nitrogens with one attached hydrogen (secondary N) is 1. The van der Waals surface area contributed by atoms with Crippen molar-refractivity contribution in [3.8, 4) is 0 Å². The Bertz CT molecular complexity index is 122. The first kappa shape index (κ1) is 13.5. The van der Waals surface area contributed by atoms with E-state index >= 15 is 0 Å². The highest BCUT2D eigenvalue weighted by Gasteiger charge is 2.10. The van der Waals surface area contributed by atoms with Crippen LogP contribution in [0.4, 0.5) is 0 Å². The van der Waals surface area contributed by atoms with Crippen LogP contribution >= 0.6 is 25.7 Å². The molecule has 0 radical (unpaired) electrons. The third-order valence-electron chi connectivity index (χ3n) is 1.79. The predicted octanol–water partition coefficient (Wildman–Crippen LogP) is 0.451. The molecule has 0 amide bonds. The molecule has 0 aromatic heterocycles. The highest BCUT2D eigenvalue weighted by atomic mass is 32.2. The van der Waals surface area contributed by atoms with E-state index in [1.54, 1.807) is 0 Å². The molecular weight excluding hydrogens is 206 g/mol. The van der Waals surface area contributed by atoms with Gasteiger partial charge in [0.25, 0.3) is 0 Å². The van der Waals surface area contributed by atoms with Crippen LogP contribution < -0.4 is 5.32 Å². The fourth-order valence-electron chi connectivity index (χ4n) is 0.876. The molecule has 0 spiro atoms. The van der Waals surface area contributed by atoms with Crippen LogP contribution in [0.25, 0.3) is 0 Å². The standard InChI is InChI=1S/C7H17N3OS.H2S/c1-3-9(2)12-11-10-6-4-8-5-7-10;/h8H,3-7H2,1-2H3;1H2. The molecule has 6 heteroatoms. The average Bonchev–Trinajstić information content (AvgIpc) is 2.16. The summed E-state index contributed by atoms with van der Waals surface area (Å²) in [7, 11) is 2.02. The average molecular weight is 225 g/mol. The number of piperazine rings is 1. The largest absolute Gasteiger partial charge is 0.314 e. The maximum atomic E-state index is 5.47. The molecule has 0 bridgehead atoms. The molecule has 1 N–H and O–H groups in total. The van der Waals surface area contributed by atoms with Gasteiger partial charge in [0.15, 0.2) is 0 Å². The van der Waals surface area contributed by atoms with Crippen molar-refractivity contribution in [3.05, 3.63) is 0 Å². The van der Waals surface area contributed by atoms with Crippen LogP contribution in [0, 0.1) is 0 Å². The fourth-order valence-corrected chi connectivity index (χ4v) is 1.34. The van der Waals surface area contributed by atoms with Crippen LogP contribution in [0.3, 0.4) is 0 Å². The van der Waals surface area contributed by atoms with E-state index in [0.717, 1.165) is 32.7 Å². The minimum absolute atomic E-state index is 0. The number of nitrogens with zero attached hydrogens (tertiary/aromatic N) is 2. The van der Waals surface area contributed by atoms with E-state index < -0.39 is 0 Å². The van der Waals surface area contributed by atoms with E-state index in [0.29, 0.717) is 0 Å². The zero-order valence-electron chi connectivity index (χ0n) is 8.25. The van der Waals surface area contributed by atoms with E-state index in [1.165, 1.54) is 12.2 Å². The summed E-state index contributed by atoms with van der Waals surface area (Å²) in [5.41, 5.74) is 0. The molecule has 1 aliphatic rings. The lowest BCUT2D eigenvalue weighted by molar-refractivity contribution is -0.0500. The van der Waals surface area contributed by atoms with Crippen molar-refractivity contribution in [3.63, 3.8) is 0 Å². The summed E-state index contributed by atoms with van der Waals surface area (Å²) in [6, 6.07) is 0. The quantitative estimate of drug-likeness (QED) is 0.554. The fraction of sp³-hybridized carbons (Fsp3) is 1.00. The van der Waals surface area contributed by atoms with Crippen molar-refractivity contribution in [1.82, 2.24) is 14.7 Å². The summed E-state index contributed by atoms with van der Waals surface area (Å²) in [5, 5.41) is 5.27. The van der Waals surface area contributed by atoms with Crippen molar-refractivity contribution < 1.29 is 4.28 Å². The normalized spacial score (nSPS) is 18.7. The molecule has 1 aliphatic heterocycles. The maximum absolute atomic E-state index is 5.47. The molecule has 0 unspecified atom stereocenters. The van der Waals surface area contributed by atoms with Crippen molar-refractivity contribution in [2.24, 2.45) is 0 Å². The molecular formula is C7H19N3OS2. The van der Waals surface area contributed by atoms with Gasteiger partial charge in [0.2, 0.25) is 0 Å². The van der Waals surface area contributed by atoms with Crippen LogP contribution in [0.1, 0.15) is 6.92 Å². The zero-order valence-corrected chi connectivity index (χ0v) is 10.1. The van der Waals surface area contributed by atoms with Gasteiger partial charge in [0.1, 0.15) is 12.2 Å². The van der Waals surface area contributed by atoms with Crippen LogP contribution in [0.15, 0.2) is 0 Å². The van der Waals surface area contributed by atoms with Crippen LogP contribution in [-0.4, -0.2) is 49.1 Å². The van der Waals surface area contributed by atoms with Gasteiger partial charge in [-0.2, -0.15) is 18.6 Å². The van der Waals surface area contributed by atoms with Crippen LogP contribution in [-0.2, 0) is 4.28 Å². The van der Waals surface area contributed by atoms with Crippen LogP contribution in [0.5, 0.6) is 0 Å². The Morgan fingerprint density at radius 3 is 2.62 bits per heavy atom. The van der Waals surface area contributed by atoms with E-state index in [-0.39, 0.29) is 13.5 Å². The lowest BCUT2D eigenvalue weighted by atomic mass is 10.4. The Morgan fingerprint density at radius 2 is 2.08 bits per heavy atom. The van der Waals surface area contributed by atoms with E-state index in [4.69, 9.17) is 4.28 Å². The molecule has 1 fully saturated rings. The Morgan fingerprint density at radius 1 is 1.46 bits per heavy atom. The van der Waals surface area contributed by atoms with Gasteiger partial charge in [0, 0.05) is 32.7 Å². The summed E-state index contributed by atoms with van der Waals surface area (Å²) in [5.74, 6) is 0. The smallest absolute Gasteiger partial charge is 0.105 e. The summed E-state index contributed by atoms with van der Waals surface area (Å²) in [4.78, 5) is 0. The summed E-state index contributed by atoms with van der Waals surface area (Å²) in [6.07, 6.45) is 0. The second kappa shape index (κ2) is 7.90. The first-order valence-electron chi connectivity index (χ1n) is 4.34. The van der Waals surface area contributed by atoms with Gasteiger partial charge in [0.05, 0.1) is 0 Å². The summed E-state index contributed by atoms with van der Waals surface area (Å²) in [6.45, 7) is 7.10. The summed E-state index contributed by atoms with van der Waals surface area (Å²) >= 11 is 1.41. The lowest BCUT2D eigenvalue weighted by Crippen LogP contribution is -2.42. The molecule has 1 heterocycles. The number of rotatable bonds is 4. The van der Waals surface area contributed by atoms with Crippen molar-refractivity contribution in [1.29, 1.82) is 0 Å². The Hall–Kier alpha value is 0.540. The molecule has 0 aromatic carbocycles. The van der Waals surface area contributed by atoms with Gasteiger partial charge in [-0.3, -0.25) is 0 Å². The van der Waals surface area contributed by atoms with Gasteiger partial charge < -0.3 is 5.32 Å². The van der Waals surface area contributed by atoms with Gasteiger partial charge in [-0.05, 0) is 7.05 Å². The minimum atomic E-state index is 0. The molecule has 0 atom stereocenters. The molecule has 80 valence electrons. The highest BCUT2D eigenvalue weighted by molar-refractivity contribution is 7.92. The lowest BCUT2D eigenvalue weighted by Gasteiger charge is -2.26. The molecule has 1 saturated heterocycles. The summed E-state index contributed by atoms with van der Waals surface area (Å²) < 4.78 is 7.53. The number of hydrogen-bond donors (Lipinski definition) is 1. The van der Waals surface area contributed by atoms with Gasteiger partial charge in [-0.1, -0.05) is 6.92 Å². The molecule has 1 rings (SSSR count). The third-order valence-corrected chi connectivity index (χ3v) is 2.58. The maximum Gasteiger partial charge on any atom is 0.105 e. The molecule has 0 aromatic rings. The van der Waals surface area contributed by atoms with Gasteiger partial charge >= 0.3 is 0 Å². The molecule has 0 saturated carbocycles. The highest BCUT2D eigenvalue weighted by Crippen LogP contribution is 2.10. The molecule has 4 nitrogen and oxygen atoms in total. The zero-order chi connectivity index (χ0) is 8.81. The monoisotopic (exact) mass is 225 g/mol. The Labute approximate surface area is 91.7 Å². The van der Waals surface area contributed by atoms with Crippen molar-refractivity contribution >= 4 is 25.7 Å². The van der Waals surface area contributed by atoms with Gasteiger partial charge in [-0.15, -0.1) is 0 Å². The first-order chi connectivity index (χ1) is 5.83. The Kier molecular flexibility index (Phi) is 8.23. The predicted molar refractivity (Wildman–Crippen MR) is 61.8 cm³/mol. The molecule has 13 heavy (non-hydrogen) atoms. The van der Waals surface area contributed by atoms with E-state index in [1.807, 2.05) is 12.1 Å². The Balaban J connectivity index is 0.00000144. The van der Waals surface area contributed by atoms with Crippen LogP contribution in [0.2, 0.25) is 0 Å². The van der Waals surface area contributed by atoms with E-state index in [2.05, 4.69) is 16.5 Å². The number of hydroxylamine groups is 2. The van der Waals surface area contributed by atoms with Gasteiger partial charge in [-0.25, -0.2) is 8.59 Å². The first-order valence-corrected chi connectivity index (χ1v) is 5.04. The minimum Gasteiger partial charge on any atom is -0.314 e.